The first-order chi connectivity index (χ1) is 18.6. The highest BCUT2D eigenvalue weighted by Gasteiger charge is 2.54. The van der Waals surface area contributed by atoms with Crippen molar-refractivity contribution in [3.63, 3.8) is 0 Å². The number of aryl methyl sites for hydroxylation is 1. The highest BCUT2D eigenvalue weighted by molar-refractivity contribution is 7.89. The molecule has 1 aliphatic heterocycles. The van der Waals surface area contributed by atoms with Gasteiger partial charge in [-0.2, -0.15) is 0 Å². The van der Waals surface area contributed by atoms with Crippen LogP contribution in [-0.2, 0) is 19.3 Å². The fourth-order valence-corrected chi connectivity index (χ4v) is 10.2. The lowest BCUT2D eigenvalue weighted by molar-refractivity contribution is 0.00578. The predicted octanol–water partition coefficient (Wildman–Crippen LogP) is 5.82. The minimum atomic E-state index is -3.92. The molecule has 0 N–H and O–H groups in total. The zero-order valence-corrected chi connectivity index (χ0v) is 26.8. The summed E-state index contributed by atoms with van der Waals surface area (Å²) in [7, 11) is -4.16. The lowest BCUT2D eigenvalue weighted by Gasteiger charge is -2.36. The van der Waals surface area contributed by atoms with Crippen molar-refractivity contribution in [3.8, 4) is 5.75 Å². The van der Waals surface area contributed by atoms with Crippen LogP contribution in [0.4, 0.5) is 0 Å². The van der Waals surface area contributed by atoms with Gasteiger partial charge in [-0.1, -0.05) is 78.4 Å². The van der Waals surface area contributed by atoms with E-state index in [-0.39, 0.29) is 4.90 Å². The Kier molecular flexibility index (Phi) is 8.17. The van der Waals surface area contributed by atoms with Crippen LogP contribution in [0, 0.1) is 6.92 Å². The summed E-state index contributed by atoms with van der Waals surface area (Å²) in [5.41, 5.74) is 1.28. The van der Waals surface area contributed by atoms with Gasteiger partial charge >= 0.3 is 7.12 Å². The molecule has 0 saturated carbocycles. The van der Waals surface area contributed by atoms with Gasteiger partial charge in [-0.15, -0.1) is 0 Å². The molecule has 3 aromatic rings. The third kappa shape index (κ3) is 5.52. The zero-order chi connectivity index (χ0) is 29.5. The summed E-state index contributed by atoms with van der Waals surface area (Å²) >= 11 is 0. The molecule has 9 heteroatoms. The fourth-order valence-electron chi connectivity index (χ4n) is 5.00. The SMILES string of the molecule is COc1ccc(/C(B2OC(C)(C)C(C)(C)O2)=C(/N(C)S(=O)(=O)c2ccc(C)cc2)[Si](C)(C)c2ccccc2)cc1. The Balaban J connectivity index is 2.07. The number of benzene rings is 3. The van der Waals surface area contributed by atoms with Crippen molar-refractivity contribution < 1.29 is 22.5 Å². The van der Waals surface area contributed by atoms with E-state index in [1.165, 1.54) is 4.31 Å². The first kappa shape index (κ1) is 30.1. The molecule has 0 unspecified atom stereocenters. The summed E-state index contributed by atoms with van der Waals surface area (Å²) in [6.45, 7) is 14.3. The molecule has 0 atom stereocenters. The number of sulfonamides is 1. The summed E-state index contributed by atoms with van der Waals surface area (Å²) in [4.78, 5) is 0.235. The molecular weight excluding hydrogens is 537 g/mol. The number of methoxy groups -OCH3 is 1. The van der Waals surface area contributed by atoms with Crippen LogP contribution in [-0.4, -0.2) is 53.3 Å². The van der Waals surface area contributed by atoms with Crippen molar-refractivity contribution in [1.29, 1.82) is 0 Å². The molecule has 0 aliphatic carbocycles. The molecule has 0 aromatic heterocycles. The minimum Gasteiger partial charge on any atom is -0.497 e. The Morgan fingerprint density at radius 1 is 0.850 bits per heavy atom. The summed E-state index contributed by atoms with van der Waals surface area (Å²) in [5, 5.41) is 1.79. The van der Waals surface area contributed by atoms with Crippen LogP contribution in [0.2, 0.25) is 13.1 Å². The number of hydrogen-bond acceptors (Lipinski definition) is 5. The van der Waals surface area contributed by atoms with E-state index in [0.29, 0.717) is 16.5 Å². The normalized spacial score (nSPS) is 17.4. The molecule has 1 saturated heterocycles. The smallest absolute Gasteiger partial charge is 0.496 e. The second kappa shape index (κ2) is 10.9. The Morgan fingerprint density at radius 3 is 1.88 bits per heavy atom. The summed E-state index contributed by atoms with van der Waals surface area (Å²) in [6.07, 6.45) is 0. The van der Waals surface area contributed by atoms with Gasteiger partial charge in [0.05, 0.1) is 23.2 Å². The van der Waals surface area contributed by atoms with E-state index < -0.39 is 36.4 Å². The van der Waals surface area contributed by atoms with Gasteiger partial charge < -0.3 is 14.0 Å². The van der Waals surface area contributed by atoms with E-state index in [9.17, 15) is 8.42 Å². The average Bonchev–Trinajstić information content (AvgIpc) is 3.13. The third-order valence-electron chi connectivity index (χ3n) is 8.23. The highest BCUT2D eigenvalue weighted by Crippen LogP contribution is 2.43. The van der Waals surface area contributed by atoms with Gasteiger partial charge in [0.2, 0.25) is 0 Å². The zero-order valence-electron chi connectivity index (χ0n) is 25.0. The van der Waals surface area contributed by atoms with E-state index in [1.54, 1.807) is 26.3 Å². The second-order valence-corrected chi connectivity index (χ2v) is 18.1. The largest absolute Gasteiger partial charge is 0.497 e. The molecule has 212 valence electrons. The van der Waals surface area contributed by atoms with Crippen LogP contribution in [0.1, 0.15) is 38.8 Å². The molecule has 0 spiro atoms. The van der Waals surface area contributed by atoms with Crippen molar-refractivity contribution in [2.45, 2.75) is 63.8 Å². The second-order valence-electron chi connectivity index (χ2n) is 11.9. The Morgan fingerprint density at radius 2 is 1.38 bits per heavy atom. The van der Waals surface area contributed by atoms with Gasteiger partial charge in [-0.3, -0.25) is 4.31 Å². The van der Waals surface area contributed by atoms with E-state index >= 15 is 0 Å². The van der Waals surface area contributed by atoms with E-state index in [4.69, 9.17) is 14.0 Å². The third-order valence-corrected chi connectivity index (χ3v) is 13.7. The first-order valence-electron chi connectivity index (χ1n) is 13.5. The quantitative estimate of drug-likeness (QED) is 0.316. The number of hydrogen-bond donors (Lipinski definition) is 0. The monoisotopic (exact) mass is 577 g/mol. The molecule has 1 fully saturated rings. The van der Waals surface area contributed by atoms with Gasteiger partial charge in [-0.25, -0.2) is 8.42 Å². The Hall–Kier alpha value is -2.85. The maximum atomic E-state index is 14.3. The van der Waals surface area contributed by atoms with Crippen LogP contribution in [0.3, 0.4) is 0 Å². The maximum Gasteiger partial charge on any atom is 0.496 e. The van der Waals surface area contributed by atoms with Gasteiger partial charge in [0.15, 0.2) is 0 Å². The molecule has 4 rings (SSSR count). The molecule has 0 amide bonds. The minimum absolute atomic E-state index is 0.235. The van der Waals surface area contributed by atoms with Gasteiger partial charge in [0.1, 0.15) is 13.8 Å². The molecule has 40 heavy (non-hydrogen) atoms. The first-order valence-corrected chi connectivity index (χ1v) is 17.9. The molecule has 3 aromatic carbocycles. The molecule has 1 heterocycles. The van der Waals surface area contributed by atoms with Gasteiger partial charge in [0.25, 0.3) is 10.0 Å². The summed E-state index contributed by atoms with van der Waals surface area (Å²) < 4.78 is 48.7. The Labute approximate surface area is 241 Å². The fraction of sp³-hybridized carbons (Fsp3) is 0.355. The molecule has 6 nitrogen and oxygen atoms in total. The maximum absolute atomic E-state index is 14.3. The van der Waals surface area contributed by atoms with Gasteiger partial charge in [-0.05, 0) is 64.4 Å². The number of nitrogens with zero attached hydrogens (tertiary/aromatic N) is 1. The van der Waals surface area contributed by atoms with Crippen molar-refractivity contribution in [2.75, 3.05) is 14.2 Å². The number of ether oxygens (including phenoxy) is 1. The van der Waals surface area contributed by atoms with Crippen molar-refractivity contribution in [3.05, 3.63) is 95.3 Å². The Bertz CT molecular complexity index is 1470. The molecule has 1 aliphatic rings. The number of rotatable bonds is 8. The van der Waals surface area contributed by atoms with Crippen LogP contribution in [0.15, 0.2) is 89.1 Å². The van der Waals surface area contributed by atoms with E-state index in [2.05, 4.69) is 25.2 Å². The van der Waals surface area contributed by atoms with Crippen molar-refractivity contribution in [1.82, 2.24) is 4.31 Å². The van der Waals surface area contributed by atoms with Crippen LogP contribution >= 0.6 is 0 Å². The lowest BCUT2D eigenvalue weighted by Crippen LogP contribution is -2.51. The standard InChI is InChI=1S/C31H40BNO5SSi/c1-23-15-21-26(22-16-23)39(34,35)33(6)29(40(8,9)27-13-11-10-12-14-27)28(24-17-19-25(36-7)20-18-24)32-37-30(2,3)31(4,5)38-32/h10-22H,1-9H3/b29-28+. The van der Waals surface area contributed by atoms with Crippen molar-refractivity contribution in [2.24, 2.45) is 0 Å². The molecule has 0 radical (unpaired) electrons. The summed E-state index contributed by atoms with van der Waals surface area (Å²) in [5.74, 6) is 0.707. The lowest BCUT2D eigenvalue weighted by atomic mass is 9.74. The van der Waals surface area contributed by atoms with Gasteiger partial charge in [0, 0.05) is 17.8 Å². The van der Waals surface area contributed by atoms with E-state index in [0.717, 1.165) is 16.3 Å². The topological polar surface area (TPSA) is 65.1 Å². The van der Waals surface area contributed by atoms with Crippen LogP contribution in [0.25, 0.3) is 5.47 Å². The molecular formula is C31H40BNO5SSi. The van der Waals surface area contributed by atoms with E-state index in [1.807, 2.05) is 89.2 Å². The van der Waals surface area contributed by atoms with Crippen molar-refractivity contribution >= 4 is 35.9 Å². The predicted molar refractivity (Wildman–Crippen MR) is 166 cm³/mol. The average molecular weight is 578 g/mol. The highest BCUT2D eigenvalue weighted by atomic mass is 32.2. The molecule has 0 bridgehead atoms. The summed E-state index contributed by atoms with van der Waals surface area (Å²) in [6, 6.07) is 24.7. The van der Waals surface area contributed by atoms with Crippen LogP contribution in [0.5, 0.6) is 5.75 Å². The van der Waals surface area contributed by atoms with Crippen LogP contribution < -0.4 is 9.92 Å².